The van der Waals surface area contributed by atoms with Crippen molar-refractivity contribution >= 4 is 38.4 Å². The average molecular weight is 516 g/mol. The zero-order valence-electron chi connectivity index (χ0n) is 20.0. The fourth-order valence-corrected chi connectivity index (χ4v) is 5.74. The van der Waals surface area contributed by atoms with Crippen LogP contribution < -0.4 is 5.32 Å². The molecule has 8 nitrogen and oxygen atoms in total. The standard InChI is InChI=1S/C25H29N3O5S2/c1-4-7-17-28(5-2)35(31,32)20-15-13-19(14-16-20)23(29)27-25-26-21(18-11-9-8-10-12-18)22(34-25)24(30)33-6-3/h8-16H,4-7,17H2,1-3H3,(H,26,27,29). The highest BCUT2D eigenvalue weighted by molar-refractivity contribution is 7.89. The number of thiazole rings is 1. The Bertz CT molecular complexity index is 1260. The Kier molecular flexibility index (Phi) is 9.13. The lowest BCUT2D eigenvalue weighted by Crippen LogP contribution is -2.31. The van der Waals surface area contributed by atoms with Gasteiger partial charge in [-0.2, -0.15) is 4.31 Å². The molecule has 10 heteroatoms. The second kappa shape index (κ2) is 12.1. The number of sulfonamides is 1. The Hall–Kier alpha value is -3.08. The zero-order valence-corrected chi connectivity index (χ0v) is 21.6. The first-order valence-corrected chi connectivity index (χ1v) is 13.7. The molecule has 35 heavy (non-hydrogen) atoms. The summed E-state index contributed by atoms with van der Waals surface area (Å²) in [6.07, 6.45) is 1.67. The van der Waals surface area contributed by atoms with Gasteiger partial charge in [0.2, 0.25) is 10.0 Å². The van der Waals surface area contributed by atoms with Crippen molar-refractivity contribution in [2.75, 3.05) is 25.0 Å². The van der Waals surface area contributed by atoms with E-state index in [9.17, 15) is 18.0 Å². The fourth-order valence-electron chi connectivity index (χ4n) is 3.38. The topological polar surface area (TPSA) is 106 Å². The van der Waals surface area contributed by atoms with Crippen molar-refractivity contribution < 1.29 is 22.7 Å². The van der Waals surface area contributed by atoms with Crippen molar-refractivity contribution in [3.63, 3.8) is 0 Å². The molecule has 1 amide bonds. The highest BCUT2D eigenvalue weighted by Crippen LogP contribution is 2.32. The molecule has 0 fully saturated rings. The molecule has 0 saturated carbocycles. The van der Waals surface area contributed by atoms with Crippen molar-refractivity contribution in [1.82, 2.24) is 9.29 Å². The normalized spacial score (nSPS) is 11.4. The number of carbonyl (C=O) groups is 2. The third kappa shape index (κ3) is 6.33. The fraction of sp³-hybridized carbons (Fsp3) is 0.320. The smallest absolute Gasteiger partial charge is 0.350 e. The molecule has 0 saturated heterocycles. The van der Waals surface area contributed by atoms with Gasteiger partial charge in [-0.25, -0.2) is 18.2 Å². The van der Waals surface area contributed by atoms with E-state index in [4.69, 9.17) is 4.74 Å². The molecule has 2 aromatic carbocycles. The molecule has 0 aliphatic rings. The van der Waals surface area contributed by atoms with Gasteiger partial charge in [0.1, 0.15) is 4.88 Å². The summed E-state index contributed by atoms with van der Waals surface area (Å²) in [6, 6.07) is 15.0. The molecule has 1 N–H and O–H groups in total. The number of ether oxygens (including phenoxy) is 1. The number of unbranched alkanes of at least 4 members (excludes halogenated alkanes) is 1. The summed E-state index contributed by atoms with van der Waals surface area (Å²) in [4.78, 5) is 30.2. The van der Waals surface area contributed by atoms with Crippen LogP contribution >= 0.6 is 11.3 Å². The number of carbonyl (C=O) groups excluding carboxylic acids is 2. The van der Waals surface area contributed by atoms with Crippen LogP contribution in [0, 0.1) is 0 Å². The number of anilines is 1. The van der Waals surface area contributed by atoms with Gasteiger partial charge < -0.3 is 4.74 Å². The Labute approximate surface area is 210 Å². The number of nitrogens with zero attached hydrogens (tertiary/aromatic N) is 2. The average Bonchev–Trinajstić information content (AvgIpc) is 3.29. The number of esters is 1. The van der Waals surface area contributed by atoms with E-state index >= 15 is 0 Å². The number of amides is 1. The van der Waals surface area contributed by atoms with Gasteiger partial charge in [-0.3, -0.25) is 10.1 Å². The molecule has 0 radical (unpaired) electrons. The summed E-state index contributed by atoms with van der Waals surface area (Å²) >= 11 is 1.03. The highest BCUT2D eigenvalue weighted by atomic mass is 32.2. The van der Waals surface area contributed by atoms with Crippen LogP contribution in [0.3, 0.4) is 0 Å². The number of rotatable bonds is 11. The van der Waals surface area contributed by atoms with Crippen LogP contribution in [0.25, 0.3) is 11.3 Å². The van der Waals surface area contributed by atoms with E-state index < -0.39 is 21.9 Å². The number of benzene rings is 2. The van der Waals surface area contributed by atoms with Gasteiger partial charge in [0.05, 0.1) is 17.2 Å². The first-order chi connectivity index (χ1) is 16.8. The molecule has 0 aliphatic carbocycles. The van der Waals surface area contributed by atoms with Crippen LogP contribution in [-0.4, -0.2) is 49.3 Å². The van der Waals surface area contributed by atoms with E-state index in [1.807, 2.05) is 37.3 Å². The van der Waals surface area contributed by atoms with Gasteiger partial charge in [0.15, 0.2) is 5.13 Å². The Balaban J connectivity index is 1.82. The third-order valence-electron chi connectivity index (χ3n) is 5.22. The van der Waals surface area contributed by atoms with E-state index in [1.54, 1.807) is 13.8 Å². The summed E-state index contributed by atoms with van der Waals surface area (Å²) in [5.74, 6) is -0.974. The second-order valence-electron chi connectivity index (χ2n) is 7.61. The van der Waals surface area contributed by atoms with E-state index in [1.165, 1.54) is 28.6 Å². The van der Waals surface area contributed by atoms with Crippen molar-refractivity contribution in [2.45, 2.75) is 38.5 Å². The van der Waals surface area contributed by atoms with Gasteiger partial charge in [-0.1, -0.05) is 61.9 Å². The summed E-state index contributed by atoms with van der Waals surface area (Å²) in [5, 5.41) is 2.95. The summed E-state index contributed by atoms with van der Waals surface area (Å²) in [6.45, 7) is 6.58. The number of hydrogen-bond donors (Lipinski definition) is 1. The van der Waals surface area contributed by atoms with Crippen molar-refractivity contribution in [1.29, 1.82) is 0 Å². The van der Waals surface area contributed by atoms with Crippen LogP contribution in [0.2, 0.25) is 0 Å². The quantitative estimate of drug-likeness (QED) is 0.358. The molecule has 3 aromatic rings. The first kappa shape index (κ1) is 26.5. The highest BCUT2D eigenvalue weighted by Gasteiger charge is 2.24. The van der Waals surface area contributed by atoms with Gasteiger partial charge in [-0.05, 0) is 37.6 Å². The van der Waals surface area contributed by atoms with Crippen molar-refractivity contribution in [3.8, 4) is 11.3 Å². The molecular formula is C25H29N3O5S2. The van der Waals surface area contributed by atoms with E-state index in [-0.39, 0.29) is 22.2 Å². The molecule has 0 spiro atoms. The second-order valence-corrected chi connectivity index (χ2v) is 10.5. The van der Waals surface area contributed by atoms with Gasteiger partial charge in [0, 0.05) is 24.2 Å². The molecular weight excluding hydrogens is 486 g/mol. The minimum Gasteiger partial charge on any atom is -0.462 e. The van der Waals surface area contributed by atoms with E-state index in [2.05, 4.69) is 10.3 Å². The Morgan fingerprint density at radius 2 is 1.71 bits per heavy atom. The molecule has 3 rings (SSSR count). The number of hydrogen-bond acceptors (Lipinski definition) is 7. The SMILES string of the molecule is CCCCN(CC)S(=O)(=O)c1ccc(C(=O)Nc2nc(-c3ccccc3)c(C(=O)OCC)s2)cc1. The molecule has 0 aliphatic heterocycles. The summed E-state index contributed by atoms with van der Waals surface area (Å²) in [7, 11) is -3.63. The molecule has 1 heterocycles. The minimum atomic E-state index is -3.63. The molecule has 1 aromatic heterocycles. The van der Waals surface area contributed by atoms with E-state index in [0.29, 0.717) is 23.7 Å². The lowest BCUT2D eigenvalue weighted by atomic mass is 10.1. The summed E-state index contributed by atoms with van der Waals surface area (Å²) in [5.41, 5.74) is 1.43. The Morgan fingerprint density at radius 3 is 2.31 bits per heavy atom. The van der Waals surface area contributed by atoms with Crippen LogP contribution in [0.1, 0.15) is 53.6 Å². The first-order valence-electron chi connectivity index (χ1n) is 11.5. The largest absolute Gasteiger partial charge is 0.462 e. The predicted octanol–water partition coefficient (Wildman–Crippen LogP) is 5.05. The predicted molar refractivity (Wildman–Crippen MR) is 137 cm³/mol. The van der Waals surface area contributed by atoms with Crippen LogP contribution in [0.15, 0.2) is 59.5 Å². The summed E-state index contributed by atoms with van der Waals surface area (Å²) < 4.78 is 32.4. The van der Waals surface area contributed by atoms with Gasteiger partial charge in [-0.15, -0.1) is 0 Å². The maximum atomic E-state index is 12.9. The lowest BCUT2D eigenvalue weighted by Gasteiger charge is -2.20. The lowest BCUT2D eigenvalue weighted by molar-refractivity contribution is 0.0532. The van der Waals surface area contributed by atoms with Crippen LogP contribution in [0.4, 0.5) is 5.13 Å². The van der Waals surface area contributed by atoms with Crippen molar-refractivity contribution in [3.05, 3.63) is 65.0 Å². The molecule has 0 atom stereocenters. The van der Waals surface area contributed by atoms with Gasteiger partial charge >= 0.3 is 5.97 Å². The van der Waals surface area contributed by atoms with Gasteiger partial charge in [0.25, 0.3) is 5.91 Å². The maximum Gasteiger partial charge on any atom is 0.350 e. The maximum absolute atomic E-state index is 12.9. The zero-order chi connectivity index (χ0) is 25.4. The monoisotopic (exact) mass is 515 g/mol. The minimum absolute atomic E-state index is 0.136. The number of aromatic nitrogens is 1. The molecule has 0 bridgehead atoms. The number of nitrogens with one attached hydrogen (secondary N) is 1. The van der Waals surface area contributed by atoms with Crippen LogP contribution in [-0.2, 0) is 14.8 Å². The van der Waals surface area contributed by atoms with Crippen molar-refractivity contribution in [2.24, 2.45) is 0 Å². The third-order valence-corrected chi connectivity index (χ3v) is 8.16. The Morgan fingerprint density at radius 1 is 1.03 bits per heavy atom. The van der Waals surface area contributed by atoms with E-state index in [0.717, 1.165) is 29.7 Å². The van der Waals surface area contributed by atoms with Crippen LogP contribution in [0.5, 0.6) is 0 Å². The molecule has 186 valence electrons. The molecule has 0 unspecified atom stereocenters.